The number of carbonyl (C=O) groups is 2. The van der Waals surface area contributed by atoms with Crippen LogP contribution in [0.2, 0.25) is 5.02 Å². The lowest BCUT2D eigenvalue weighted by Gasteiger charge is -2.07. The van der Waals surface area contributed by atoms with Gasteiger partial charge in [0.05, 0.1) is 6.21 Å². The van der Waals surface area contributed by atoms with Crippen molar-refractivity contribution >= 4 is 51.2 Å². The molecule has 2 aromatic carbocycles. The lowest BCUT2D eigenvalue weighted by atomic mass is 10.2. The molecule has 0 aromatic heterocycles. The molecule has 0 unspecified atom stereocenters. The van der Waals surface area contributed by atoms with Crippen molar-refractivity contribution in [2.24, 2.45) is 5.10 Å². The summed E-state index contributed by atoms with van der Waals surface area (Å²) in [5.74, 6) is 1.88. The second kappa shape index (κ2) is 10.4. The first kappa shape index (κ1) is 20.5. The molecule has 2 N–H and O–H groups in total. The van der Waals surface area contributed by atoms with Crippen LogP contribution < -0.4 is 15.5 Å². The summed E-state index contributed by atoms with van der Waals surface area (Å²) in [6.45, 7) is 0.111. The molecule has 2 aromatic rings. The van der Waals surface area contributed by atoms with E-state index in [0.29, 0.717) is 22.0 Å². The smallest absolute Gasteiger partial charge is 0.249 e. The van der Waals surface area contributed by atoms with E-state index in [-0.39, 0.29) is 13.0 Å². The van der Waals surface area contributed by atoms with Crippen LogP contribution in [-0.4, -0.2) is 24.6 Å². The maximum absolute atomic E-state index is 11.9. The normalized spacial score (nSPS) is 10.3. The molecule has 2 rings (SSSR count). The molecule has 0 saturated heterocycles. The summed E-state index contributed by atoms with van der Waals surface area (Å²) in [6, 6.07) is 11.8. The predicted octanol–water partition coefficient (Wildman–Crippen LogP) is 3.59. The number of benzene rings is 2. The molecule has 0 fully saturated rings. The summed E-state index contributed by atoms with van der Waals surface area (Å²) in [5.41, 5.74) is 3.46. The molecule has 6 nitrogen and oxygen atoms in total. The average molecular weight is 449 g/mol. The van der Waals surface area contributed by atoms with Crippen molar-refractivity contribution in [3.63, 3.8) is 0 Å². The molecule has 0 aliphatic carbocycles. The van der Waals surface area contributed by atoms with Gasteiger partial charge in [-0.25, -0.2) is 5.43 Å². The Bertz CT molecular complexity index is 892. The summed E-state index contributed by atoms with van der Waals surface area (Å²) >= 11 is 9.12. The minimum atomic E-state index is -0.557. The third-order valence-corrected chi connectivity index (χ3v) is 3.87. The van der Waals surface area contributed by atoms with Crippen molar-refractivity contribution in [2.75, 3.05) is 11.9 Å². The fraction of sp³-hybridized carbons (Fsp3) is 0.105. The summed E-state index contributed by atoms with van der Waals surface area (Å²) in [6.07, 6.45) is 6.22. The third-order valence-electron chi connectivity index (χ3n) is 3.12. The van der Waals surface area contributed by atoms with Crippen LogP contribution in [0.25, 0.3) is 0 Å². The predicted molar refractivity (Wildman–Crippen MR) is 109 cm³/mol. The molecule has 0 radical (unpaired) electrons. The van der Waals surface area contributed by atoms with Crippen LogP contribution in [0.5, 0.6) is 5.75 Å². The number of nitrogens with zero attached hydrogens (tertiary/aromatic N) is 1. The lowest BCUT2D eigenvalue weighted by molar-refractivity contribution is -0.126. The van der Waals surface area contributed by atoms with Crippen molar-refractivity contribution in [3.05, 3.63) is 57.5 Å². The van der Waals surface area contributed by atoms with Crippen molar-refractivity contribution < 1.29 is 14.3 Å². The van der Waals surface area contributed by atoms with Crippen molar-refractivity contribution in [1.29, 1.82) is 0 Å². The molecule has 0 atom stereocenters. The quantitative estimate of drug-likeness (QED) is 0.294. The maximum Gasteiger partial charge on any atom is 0.249 e. The molecular weight excluding hydrogens is 434 g/mol. The monoisotopic (exact) mass is 447 g/mol. The summed E-state index contributed by atoms with van der Waals surface area (Å²) in [7, 11) is 0. The number of hydrogen-bond acceptors (Lipinski definition) is 4. The maximum atomic E-state index is 11.9. The van der Waals surface area contributed by atoms with Gasteiger partial charge >= 0.3 is 0 Å². The topological polar surface area (TPSA) is 79.8 Å². The van der Waals surface area contributed by atoms with Crippen molar-refractivity contribution in [1.82, 2.24) is 5.43 Å². The van der Waals surface area contributed by atoms with Gasteiger partial charge < -0.3 is 10.1 Å². The molecule has 0 aliphatic rings. The van der Waals surface area contributed by atoms with Crippen LogP contribution in [0.3, 0.4) is 0 Å². The number of carbonyl (C=O) groups excluding carboxylic acids is 2. The second-order valence-corrected chi connectivity index (χ2v) is 6.55. The van der Waals surface area contributed by atoms with Gasteiger partial charge in [-0.1, -0.05) is 33.5 Å². The Morgan fingerprint density at radius 2 is 1.96 bits per heavy atom. The Balaban J connectivity index is 1.89. The van der Waals surface area contributed by atoms with Crippen LogP contribution in [0.1, 0.15) is 12.0 Å². The van der Waals surface area contributed by atoms with E-state index < -0.39 is 11.8 Å². The number of rotatable bonds is 7. The fourth-order valence-corrected chi connectivity index (χ4v) is 2.47. The largest absolute Gasteiger partial charge is 0.480 e. The Labute approximate surface area is 170 Å². The van der Waals surface area contributed by atoms with Crippen LogP contribution in [-0.2, 0) is 9.59 Å². The Hall–Kier alpha value is -2.82. The van der Waals surface area contributed by atoms with E-state index in [1.54, 1.807) is 42.5 Å². The van der Waals surface area contributed by atoms with Gasteiger partial charge in [0.25, 0.3) is 0 Å². The van der Waals surface area contributed by atoms with Gasteiger partial charge in [0, 0.05) is 20.7 Å². The number of ether oxygens (including phenoxy) is 1. The van der Waals surface area contributed by atoms with E-state index in [0.717, 1.165) is 4.47 Å². The zero-order valence-corrected chi connectivity index (χ0v) is 16.4. The van der Waals surface area contributed by atoms with Gasteiger partial charge in [-0.3, -0.25) is 9.59 Å². The molecule has 27 heavy (non-hydrogen) atoms. The number of amides is 2. The Kier molecular flexibility index (Phi) is 7.86. The number of nitrogens with one attached hydrogen (secondary N) is 2. The zero-order chi connectivity index (χ0) is 19.6. The average Bonchev–Trinajstić information content (AvgIpc) is 2.63. The van der Waals surface area contributed by atoms with Gasteiger partial charge in [0.15, 0.2) is 0 Å². The zero-order valence-electron chi connectivity index (χ0n) is 14.0. The highest BCUT2D eigenvalue weighted by molar-refractivity contribution is 9.10. The standard InChI is InChI=1S/C19H15BrClN3O3/c1-2-9-27-17-8-3-14(20)10-13(17)12-22-24-19(26)11-18(25)23-16-6-4-15(21)5-7-16/h1,3-8,10,12H,9,11H2,(H,23,25)(H,24,26). The van der Waals surface area contributed by atoms with E-state index in [4.69, 9.17) is 22.8 Å². The first-order valence-electron chi connectivity index (χ1n) is 7.71. The second-order valence-electron chi connectivity index (χ2n) is 5.20. The van der Waals surface area contributed by atoms with E-state index in [1.165, 1.54) is 6.21 Å². The Morgan fingerprint density at radius 3 is 2.67 bits per heavy atom. The molecule has 138 valence electrons. The molecule has 0 heterocycles. The van der Waals surface area contributed by atoms with E-state index in [2.05, 4.69) is 37.7 Å². The van der Waals surface area contributed by atoms with Crippen molar-refractivity contribution in [3.8, 4) is 18.1 Å². The van der Waals surface area contributed by atoms with Gasteiger partial charge in [-0.2, -0.15) is 5.10 Å². The fourth-order valence-electron chi connectivity index (χ4n) is 1.97. The summed E-state index contributed by atoms with van der Waals surface area (Å²) < 4.78 is 6.21. The molecule has 0 spiro atoms. The highest BCUT2D eigenvalue weighted by atomic mass is 79.9. The van der Waals surface area contributed by atoms with E-state index in [1.807, 2.05) is 0 Å². The van der Waals surface area contributed by atoms with Gasteiger partial charge in [0.1, 0.15) is 18.8 Å². The van der Waals surface area contributed by atoms with Crippen molar-refractivity contribution in [2.45, 2.75) is 6.42 Å². The van der Waals surface area contributed by atoms with Crippen LogP contribution >= 0.6 is 27.5 Å². The van der Waals surface area contributed by atoms with Crippen LogP contribution in [0.15, 0.2) is 52.0 Å². The minimum absolute atomic E-state index is 0.111. The van der Waals surface area contributed by atoms with E-state index >= 15 is 0 Å². The van der Waals surface area contributed by atoms with Gasteiger partial charge in [0.2, 0.25) is 11.8 Å². The summed E-state index contributed by atoms with van der Waals surface area (Å²) in [4.78, 5) is 23.7. The van der Waals surface area contributed by atoms with E-state index in [9.17, 15) is 9.59 Å². The number of hydrogen-bond donors (Lipinski definition) is 2. The van der Waals surface area contributed by atoms with Gasteiger partial charge in [-0.15, -0.1) is 6.42 Å². The number of halogens is 2. The molecular formula is C19H15BrClN3O3. The molecule has 0 bridgehead atoms. The first-order chi connectivity index (χ1) is 13.0. The number of anilines is 1. The SMILES string of the molecule is C#CCOc1ccc(Br)cc1C=NNC(=O)CC(=O)Nc1ccc(Cl)cc1. The lowest BCUT2D eigenvalue weighted by Crippen LogP contribution is -2.24. The summed E-state index contributed by atoms with van der Waals surface area (Å²) in [5, 5.41) is 7.00. The molecule has 8 heteroatoms. The van der Waals surface area contributed by atoms with Gasteiger partial charge in [-0.05, 0) is 42.5 Å². The van der Waals surface area contributed by atoms with Crippen LogP contribution in [0, 0.1) is 12.3 Å². The highest BCUT2D eigenvalue weighted by Crippen LogP contribution is 2.21. The minimum Gasteiger partial charge on any atom is -0.480 e. The first-order valence-corrected chi connectivity index (χ1v) is 8.88. The molecule has 0 saturated carbocycles. The molecule has 2 amide bonds. The van der Waals surface area contributed by atoms with Crippen LogP contribution in [0.4, 0.5) is 5.69 Å². The number of terminal acetylenes is 1. The molecule has 0 aliphatic heterocycles. The highest BCUT2D eigenvalue weighted by Gasteiger charge is 2.09. The number of hydrazone groups is 1. The Morgan fingerprint density at radius 1 is 1.22 bits per heavy atom. The third kappa shape index (κ3) is 7.13.